The molecule has 0 saturated heterocycles. The smallest absolute Gasteiger partial charge is 0.385 e. The maximum absolute atomic E-state index is 10.7. The average molecular weight is 870 g/mol. The predicted octanol–water partition coefficient (Wildman–Crippen LogP) is 17.2. The number of hydrogen-bond donors (Lipinski definition) is 2. The SMILES string of the molecule is C1CCCC1.C1CCCC1.F[P-](F)(F)(F)(F)F.F[P-](F)(F)(F)(F)F.[CH3-].[CH3-].[CH3-].[CH3-].[Fe+3].[Fe+3].c1ccc(NCCCCCCNc2ccccc2)cc1. The van der Waals surface area contributed by atoms with Crippen LogP contribution in [0.25, 0.3) is 0 Å². The third-order valence-corrected chi connectivity index (χ3v) is 5.81. The summed E-state index contributed by atoms with van der Waals surface area (Å²) in [5.74, 6) is 0. The first kappa shape index (κ1) is 64.1. The van der Waals surface area contributed by atoms with Gasteiger partial charge in [0.05, 0.1) is 0 Å². The third kappa shape index (κ3) is 76.8. The minimum Gasteiger partial charge on any atom is -0.385 e. The molecule has 304 valence electrons. The molecule has 0 heterocycles. The molecule has 0 aliphatic heterocycles. The summed E-state index contributed by atoms with van der Waals surface area (Å²) in [6.07, 6.45) is 20.0. The summed E-state index contributed by atoms with van der Waals surface area (Å²) in [4.78, 5) is 0. The summed E-state index contributed by atoms with van der Waals surface area (Å²) in [5, 5.41) is 6.89. The van der Waals surface area contributed by atoms with Crippen molar-refractivity contribution >= 4 is 27.0 Å². The summed E-state index contributed by atoms with van der Waals surface area (Å²) < 4.78 is 118. The second kappa shape index (κ2) is 26.8. The van der Waals surface area contributed by atoms with Crippen molar-refractivity contribution in [1.29, 1.82) is 0 Å². The topological polar surface area (TPSA) is 24.1 Å². The van der Waals surface area contributed by atoms with Crippen LogP contribution < -0.4 is 10.6 Å². The molecule has 2 nitrogen and oxygen atoms in total. The van der Waals surface area contributed by atoms with Gasteiger partial charge in [-0.25, -0.2) is 0 Å². The van der Waals surface area contributed by atoms with Crippen molar-refractivity contribution in [2.45, 2.75) is 89.9 Å². The Labute approximate surface area is 314 Å². The van der Waals surface area contributed by atoms with Crippen LogP contribution in [0.3, 0.4) is 0 Å². The molecule has 2 aliphatic carbocycles. The Balaban J connectivity index is -0.000000103. The first-order chi connectivity index (χ1) is 19.8. The summed E-state index contributed by atoms with van der Waals surface area (Å²) in [6, 6.07) is 20.8. The van der Waals surface area contributed by atoms with E-state index >= 15 is 0 Å². The minimum atomic E-state index is -10.7. The van der Waals surface area contributed by atoms with Gasteiger partial charge in [0, 0.05) is 24.5 Å². The molecule has 0 unspecified atom stereocenters. The fourth-order valence-electron chi connectivity index (χ4n) is 3.95. The van der Waals surface area contributed by atoms with E-state index in [9.17, 15) is 50.4 Å². The van der Waals surface area contributed by atoms with Crippen LogP contribution in [-0.2, 0) is 34.1 Å². The van der Waals surface area contributed by atoms with E-state index in [1.165, 1.54) is 101 Å². The Bertz CT molecular complexity index is 887. The van der Waals surface area contributed by atoms with Crippen LogP contribution >= 0.6 is 15.6 Å². The molecule has 4 rings (SSSR count). The molecular formula is C32H56F12Fe2N2P2. The van der Waals surface area contributed by atoms with Gasteiger partial charge < -0.3 is 40.3 Å². The zero-order valence-corrected chi connectivity index (χ0v) is 33.2. The Hall–Kier alpha value is -0.901. The van der Waals surface area contributed by atoms with Gasteiger partial charge in [-0.05, 0) is 37.1 Å². The van der Waals surface area contributed by atoms with Gasteiger partial charge >= 0.3 is 100 Å². The predicted molar refractivity (Wildman–Crippen MR) is 187 cm³/mol. The fourth-order valence-corrected chi connectivity index (χ4v) is 3.95. The van der Waals surface area contributed by atoms with E-state index in [1.807, 2.05) is 12.1 Å². The standard InChI is InChI=1S/C18H24N2.2C5H10.4CH3.2F6P.2Fe/c1(9-15-19-17-11-5-3-6-12-17)2-10-16-20-18-13-7-4-8-14-18;2*1-2-4-5-3-1;;;;;2*1-7(2,3,4,5)6;;/h3-8,11-14,19-20H,1-2,9-10,15-16H2;2*1-5H2;4*1H3;;;;/q;;;6*-1;2*+3. The number of nitrogens with one attached hydrogen (secondary N) is 2. The minimum absolute atomic E-state index is 0. The maximum Gasteiger partial charge on any atom is 3.00 e. The molecule has 2 fully saturated rings. The summed E-state index contributed by atoms with van der Waals surface area (Å²) in [7, 11) is -21.3. The van der Waals surface area contributed by atoms with Crippen molar-refractivity contribution in [2.75, 3.05) is 23.7 Å². The molecule has 0 aromatic heterocycles. The first-order valence-corrected chi connectivity index (χ1v) is 18.6. The van der Waals surface area contributed by atoms with Crippen molar-refractivity contribution in [3.8, 4) is 0 Å². The molecule has 2 N–H and O–H groups in total. The van der Waals surface area contributed by atoms with E-state index in [0.29, 0.717) is 0 Å². The molecule has 2 aliphatic rings. The largest absolute Gasteiger partial charge is 3.00 e. The molecule has 2 radical (unpaired) electrons. The van der Waals surface area contributed by atoms with Crippen molar-refractivity contribution in [2.24, 2.45) is 0 Å². The summed E-state index contributed by atoms with van der Waals surface area (Å²) >= 11 is 0. The van der Waals surface area contributed by atoms with Crippen molar-refractivity contribution < 1.29 is 84.5 Å². The normalized spacial score (nSPS) is 15.4. The van der Waals surface area contributed by atoms with Gasteiger partial charge in [-0.2, -0.15) is 0 Å². The molecule has 18 heteroatoms. The number of hydrogen-bond acceptors (Lipinski definition) is 2. The van der Waals surface area contributed by atoms with Gasteiger partial charge in [-0.15, -0.1) is 0 Å². The van der Waals surface area contributed by atoms with E-state index in [4.69, 9.17) is 0 Å². The quantitative estimate of drug-likeness (QED) is 0.0863. The van der Waals surface area contributed by atoms with Crippen LogP contribution in [0.1, 0.15) is 89.9 Å². The molecule has 50 heavy (non-hydrogen) atoms. The molecular weight excluding hydrogens is 814 g/mol. The van der Waals surface area contributed by atoms with Crippen LogP contribution in [0, 0.1) is 29.7 Å². The van der Waals surface area contributed by atoms with Crippen molar-refractivity contribution in [1.82, 2.24) is 0 Å². The van der Waals surface area contributed by atoms with E-state index in [-0.39, 0.29) is 63.8 Å². The average Bonchev–Trinajstić information content (AvgIpc) is 3.63. The van der Waals surface area contributed by atoms with Crippen molar-refractivity contribution in [3.63, 3.8) is 0 Å². The van der Waals surface area contributed by atoms with E-state index in [0.717, 1.165) is 13.1 Å². The van der Waals surface area contributed by atoms with E-state index < -0.39 is 15.6 Å². The number of unbranched alkanes of at least 4 members (excludes halogenated alkanes) is 3. The molecule has 2 saturated carbocycles. The fraction of sp³-hybridized carbons (Fsp3) is 0.500. The molecule has 0 bridgehead atoms. The van der Waals surface area contributed by atoms with Gasteiger partial charge in [0.25, 0.3) is 0 Å². The third-order valence-electron chi connectivity index (χ3n) is 5.81. The number of halogens is 12. The zero-order valence-electron chi connectivity index (χ0n) is 29.2. The van der Waals surface area contributed by atoms with Gasteiger partial charge in [-0.1, -0.05) is 113 Å². The summed E-state index contributed by atoms with van der Waals surface area (Å²) in [6.45, 7) is 2.13. The Morgan fingerprint density at radius 2 is 0.540 bits per heavy atom. The Kier molecular flexibility index (Phi) is 34.4. The Morgan fingerprint density at radius 1 is 0.360 bits per heavy atom. The van der Waals surface area contributed by atoms with Crippen molar-refractivity contribution in [3.05, 3.63) is 90.4 Å². The number of anilines is 2. The number of benzene rings is 2. The van der Waals surface area contributed by atoms with Crippen LogP contribution in [0.15, 0.2) is 60.7 Å². The molecule has 0 spiro atoms. The van der Waals surface area contributed by atoms with Crippen LogP contribution in [-0.4, -0.2) is 13.1 Å². The van der Waals surface area contributed by atoms with Gasteiger partial charge in [0.1, 0.15) is 0 Å². The number of rotatable bonds is 9. The second-order valence-electron chi connectivity index (χ2n) is 10.5. The first-order valence-electron chi connectivity index (χ1n) is 14.6. The molecule has 0 atom stereocenters. The van der Waals surface area contributed by atoms with Crippen LogP contribution in [0.2, 0.25) is 0 Å². The van der Waals surface area contributed by atoms with Crippen LogP contribution in [0.4, 0.5) is 61.7 Å². The second-order valence-corrected chi connectivity index (χ2v) is 14.3. The Morgan fingerprint density at radius 3 is 0.720 bits per heavy atom. The number of para-hydroxylation sites is 2. The molecule has 2 aromatic carbocycles. The summed E-state index contributed by atoms with van der Waals surface area (Å²) in [5.41, 5.74) is 2.44. The molecule has 2 aromatic rings. The van der Waals surface area contributed by atoms with E-state index in [2.05, 4.69) is 59.2 Å². The van der Waals surface area contributed by atoms with Gasteiger partial charge in [0.2, 0.25) is 0 Å². The molecule has 0 amide bonds. The van der Waals surface area contributed by atoms with Crippen LogP contribution in [0.5, 0.6) is 0 Å². The maximum atomic E-state index is 9.87. The zero-order chi connectivity index (χ0) is 33.8. The van der Waals surface area contributed by atoms with Gasteiger partial charge in [0.15, 0.2) is 0 Å². The van der Waals surface area contributed by atoms with Gasteiger partial charge in [-0.3, -0.25) is 0 Å². The van der Waals surface area contributed by atoms with E-state index in [1.54, 1.807) is 0 Å². The monoisotopic (exact) mass is 870 g/mol.